The van der Waals surface area contributed by atoms with Gasteiger partial charge in [-0.2, -0.15) is 0 Å². The summed E-state index contributed by atoms with van der Waals surface area (Å²) in [6, 6.07) is 9.98. The van der Waals surface area contributed by atoms with Crippen molar-refractivity contribution in [2.75, 3.05) is 11.9 Å². The molecule has 0 atom stereocenters. The highest BCUT2D eigenvalue weighted by atomic mass is 16.3. The van der Waals surface area contributed by atoms with Crippen LogP contribution in [-0.2, 0) is 13.7 Å². The number of fused-ring (bicyclic) bond motifs is 2. The van der Waals surface area contributed by atoms with Crippen LogP contribution in [0, 0.1) is 0 Å². The average molecular weight is 293 g/mol. The van der Waals surface area contributed by atoms with Crippen LogP contribution >= 0.6 is 0 Å². The molecule has 22 heavy (non-hydrogen) atoms. The van der Waals surface area contributed by atoms with E-state index < -0.39 is 0 Å². The maximum atomic E-state index is 9.23. The van der Waals surface area contributed by atoms with Gasteiger partial charge in [0.15, 0.2) is 0 Å². The summed E-state index contributed by atoms with van der Waals surface area (Å²) < 4.78 is 1.77. The molecule has 6 heteroatoms. The molecule has 3 aromatic rings. The second-order valence-corrected chi connectivity index (χ2v) is 5.27. The molecule has 1 aromatic carbocycles. The van der Waals surface area contributed by atoms with Crippen LogP contribution in [0.2, 0.25) is 0 Å². The van der Waals surface area contributed by atoms with Gasteiger partial charge in [-0.05, 0) is 35.4 Å². The van der Waals surface area contributed by atoms with Crippen molar-refractivity contribution in [2.24, 2.45) is 7.05 Å². The molecule has 1 aliphatic rings. The molecule has 110 valence electrons. The van der Waals surface area contributed by atoms with Crippen molar-refractivity contribution in [2.45, 2.75) is 6.61 Å². The number of nitrogens with one attached hydrogen (secondary N) is 1. The first-order chi connectivity index (χ1) is 10.8. The molecular weight excluding hydrogens is 278 g/mol. The van der Waals surface area contributed by atoms with Gasteiger partial charge in [-0.1, -0.05) is 17.4 Å². The highest BCUT2D eigenvalue weighted by Crippen LogP contribution is 2.32. The largest absolute Gasteiger partial charge is 0.390 e. The van der Waals surface area contributed by atoms with Gasteiger partial charge in [-0.3, -0.25) is 0 Å². The van der Waals surface area contributed by atoms with Crippen molar-refractivity contribution >= 4 is 22.4 Å². The Bertz CT molecular complexity index is 897. The van der Waals surface area contributed by atoms with Crippen molar-refractivity contribution in [3.63, 3.8) is 0 Å². The molecule has 0 fully saturated rings. The minimum atomic E-state index is -0.0549. The van der Waals surface area contributed by atoms with Crippen LogP contribution in [-0.4, -0.2) is 31.6 Å². The number of pyridine rings is 1. The molecule has 0 saturated heterocycles. The lowest BCUT2D eigenvalue weighted by Crippen LogP contribution is -2.11. The van der Waals surface area contributed by atoms with E-state index in [-0.39, 0.29) is 6.61 Å². The first kappa shape index (κ1) is 13.0. The fraction of sp³-hybridized carbons (Fsp3) is 0.188. The Labute approximate surface area is 127 Å². The zero-order chi connectivity index (χ0) is 15.1. The normalized spacial score (nSPS) is 13.6. The third-order valence-electron chi connectivity index (χ3n) is 3.90. The van der Waals surface area contributed by atoms with E-state index in [9.17, 15) is 5.11 Å². The number of nitrogens with zero attached hydrogens (tertiary/aromatic N) is 4. The second-order valence-electron chi connectivity index (χ2n) is 5.27. The van der Waals surface area contributed by atoms with Crippen molar-refractivity contribution in [3.05, 3.63) is 53.2 Å². The van der Waals surface area contributed by atoms with Gasteiger partial charge in [0.05, 0.1) is 17.8 Å². The molecular formula is C16H15N5O. The summed E-state index contributed by atoms with van der Waals surface area (Å²) in [5, 5.41) is 20.6. The van der Waals surface area contributed by atoms with Gasteiger partial charge in [-0.25, -0.2) is 9.67 Å². The molecule has 6 nitrogen and oxygen atoms in total. The summed E-state index contributed by atoms with van der Waals surface area (Å²) in [4.78, 5) is 4.45. The molecule has 3 heterocycles. The Morgan fingerprint density at radius 3 is 3.05 bits per heavy atom. The molecule has 2 aromatic heterocycles. The lowest BCUT2D eigenvalue weighted by Gasteiger charge is -2.19. The van der Waals surface area contributed by atoms with Crippen molar-refractivity contribution in [3.8, 4) is 0 Å². The first-order valence-electron chi connectivity index (χ1n) is 7.11. The van der Waals surface area contributed by atoms with Crippen molar-refractivity contribution in [1.29, 1.82) is 0 Å². The van der Waals surface area contributed by atoms with Crippen LogP contribution in [0.4, 0.5) is 5.82 Å². The van der Waals surface area contributed by atoms with Crippen LogP contribution < -0.4 is 5.32 Å². The zero-order valence-corrected chi connectivity index (χ0v) is 12.1. The third kappa shape index (κ3) is 1.96. The minimum Gasteiger partial charge on any atom is -0.390 e. The molecule has 1 aliphatic heterocycles. The molecule has 2 N–H and O–H groups in total. The zero-order valence-electron chi connectivity index (χ0n) is 12.1. The number of aliphatic hydroxyl groups is 1. The monoisotopic (exact) mass is 293 g/mol. The Balaban J connectivity index is 1.85. The number of aromatic nitrogens is 4. The number of anilines is 1. The summed E-state index contributed by atoms with van der Waals surface area (Å²) in [6.45, 7) is 0.659. The summed E-state index contributed by atoms with van der Waals surface area (Å²) in [5.41, 5.74) is 5.83. The predicted molar refractivity (Wildman–Crippen MR) is 84.2 cm³/mol. The van der Waals surface area contributed by atoms with Crippen LogP contribution in [0.5, 0.6) is 0 Å². The lowest BCUT2D eigenvalue weighted by molar-refractivity contribution is 0.277. The van der Waals surface area contributed by atoms with Gasteiger partial charge >= 0.3 is 0 Å². The van der Waals surface area contributed by atoms with Crippen LogP contribution in [0.1, 0.15) is 16.8 Å². The summed E-state index contributed by atoms with van der Waals surface area (Å²) in [7, 11) is 1.89. The summed E-state index contributed by atoms with van der Waals surface area (Å²) >= 11 is 0. The van der Waals surface area contributed by atoms with Crippen LogP contribution in [0.25, 0.3) is 16.6 Å². The van der Waals surface area contributed by atoms with E-state index in [4.69, 9.17) is 0 Å². The van der Waals surface area contributed by atoms with E-state index in [1.807, 2.05) is 25.2 Å². The van der Waals surface area contributed by atoms with E-state index in [2.05, 4.69) is 38.8 Å². The fourth-order valence-corrected chi connectivity index (χ4v) is 2.77. The van der Waals surface area contributed by atoms with Crippen molar-refractivity contribution < 1.29 is 5.11 Å². The van der Waals surface area contributed by atoms with Crippen LogP contribution in [0.15, 0.2) is 36.4 Å². The Morgan fingerprint density at radius 1 is 1.27 bits per heavy atom. The third-order valence-corrected chi connectivity index (χ3v) is 3.90. The second kappa shape index (κ2) is 4.92. The van der Waals surface area contributed by atoms with Gasteiger partial charge in [0.1, 0.15) is 11.3 Å². The number of aliphatic hydroxyl groups excluding tert-OH is 1. The Morgan fingerprint density at radius 2 is 2.18 bits per heavy atom. The molecule has 4 rings (SSSR count). The van der Waals surface area contributed by atoms with E-state index in [1.165, 1.54) is 0 Å². The minimum absolute atomic E-state index is 0.0549. The van der Waals surface area contributed by atoms with E-state index in [1.54, 1.807) is 4.68 Å². The van der Waals surface area contributed by atoms with E-state index in [0.717, 1.165) is 33.6 Å². The van der Waals surface area contributed by atoms with Crippen LogP contribution in [0.3, 0.4) is 0 Å². The number of aryl methyl sites for hydroxylation is 1. The van der Waals surface area contributed by atoms with Gasteiger partial charge in [0.25, 0.3) is 0 Å². The maximum Gasteiger partial charge on any atom is 0.134 e. The Kier molecular flexibility index (Phi) is 2.90. The molecule has 0 spiro atoms. The van der Waals surface area contributed by atoms with E-state index in [0.29, 0.717) is 12.2 Å². The first-order valence-corrected chi connectivity index (χ1v) is 7.11. The standard InChI is InChI=1S/C16H15N5O/c1-21-15-8-10(2-5-14(15)19-20-21)12-6-7-17-16-13(12)4-3-11(9-22)18-16/h2-6,8,22H,7,9H2,1H3,(H,17,18). The van der Waals surface area contributed by atoms with Gasteiger partial charge in [0.2, 0.25) is 0 Å². The van der Waals surface area contributed by atoms with Gasteiger partial charge in [-0.15, -0.1) is 5.10 Å². The SMILES string of the molecule is Cn1nnc2ccc(C3=CCNc4nc(CO)ccc43)cc21. The molecule has 0 bridgehead atoms. The Hall–Kier alpha value is -2.73. The highest BCUT2D eigenvalue weighted by molar-refractivity contribution is 5.90. The number of rotatable bonds is 2. The fourth-order valence-electron chi connectivity index (χ4n) is 2.77. The topological polar surface area (TPSA) is 75.9 Å². The molecule has 0 radical (unpaired) electrons. The average Bonchev–Trinajstić information content (AvgIpc) is 2.94. The maximum absolute atomic E-state index is 9.23. The molecule has 0 unspecified atom stereocenters. The number of benzene rings is 1. The molecule has 0 amide bonds. The number of hydrogen-bond donors (Lipinski definition) is 2. The molecule has 0 aliphatic carbocycles. The summed E-state index contributed by atoms with van der Waals surface area (Å²) in [5.74, 6) is 0.812. The predicted octanol–water partition coefficient (Wildman–Crippen LogP) is 1.71. The van der Waals surface area contributed by atoms with Gasteiger partial charge in [0, 0.05) is 19.2 Å². The highest BCUT2D eigenvalue weighted by Gasteiger charge is 2.16. The summed E-state index contributed by atoms with van der Waals surface area (Å²) in [6.07, 6.45) is 2.15. The molecule has 0 saturated carbocycles. The lowest BCUT2D eigenvalue weighted by atomic mass is 9.95. The smallest absolute Gasteiger partial charge is 0.134 e. The van der Waals surface area contributed by atoms with Crippen molar-refractivity contribution in [1.82, 2.24) is 20.0 Å². The quantitative estimate of drug-likeness (QED) is 0.752. The van der Waals surface area contributed by atoms with Gasteiger partial charge < -0.3 is 10.4 Å². The van der Waals surface area contributed by atoms with E-state index >= 15 is 0 Å². The number of hydrogen-bond acceptors (Lipinski definition) is 5.